The highest BCUT2D eigenvalue weighted by Gasteiger charge is 2.24. The molecule has 0 N–H and O–H groups in total. The lowest BCUT2D eigenvalue weighted by atomic mass is 10.1. The predicted octanol–water partition coefficient (Wildman–Crippen LogP) is 3.12. The zero-order valence-electron chi connectivity index (χ0n) is 11.9. The molecule has 3 rings (SSSR count). The van der Waals surface area contributed by atoms with Gasteiger partial charge in [0, 0.05) is 17.6 Å². The van der Waals surface area contributed by atoms with Gasteiger partial charge in [0.25, 0.3) is 5.69 Å². The van der Waals surface area contributed by atoms with E-state index >= 15 is 0 Å². The van der Waals surface area contributed by atoms with Crippen LogP contribution >= 0.6 is 0 Å². The fourth-order valence-corrected chi connectivity index (χ4v) is 3.81. The Kier molecular flexibility index (Phi) is 3.79. The summed E-state index contributed by atoms with van der Waals surface area (Å²) in [7, 11) is -3.71. The van der Waals surface area contributed by atoms with Gasteiger partial charge < -0.3 is 0 Å². The number of fused-ring (bicyclic) bond motifs is 1. The first-order valence-corrected chi connectivity index (χ1v) is 8.43. The second-order valence-electron chi connectivity index (χ2n) is 4.97. The SMILES string of the molecule is O=[N+]([O-])c1ccc2cccnc2c1CS(=O)(=O)c1ccccc1. The molecule has 2 aromatic carbocycles. The Morgan fingerprint density at radius 3 is 2.43 bits per heavy atom. The number of nitro groups is 1. The van der Waals surface area contributed by atoms with Gasteiger partial charge in [-0.1, -0.05) is 24.3 Å². The van der Waals surface area contributed by atoms with Crippen molar-refractivity contribution in [2.45, 2.75) is 10.6 Å². The first-order valence-electron chi connectivity index (χ1n) is 6.78. The molecule has 116 valence electrons. The minimum absolute atomic E-state index is 0.108. The molecule has 0 aliphatic carbocycles. The van der Waals surface area contributed by atoms with Gasteiger partial charge in [0.05, 0.1) is 26.7 Å². The van der Waals surface area contributed by atoms with Crippen molar-refractivity contribution in [2.75, 3.05) is 0 Å². The molecule has 3 aromatic rings. The molecule has 0 spiro atoms. The molecule has 0 aliphatic heterocycles. The second-order valence-corrected chi connectivity index (χ2v) is 6.96. The molecular weight excluding hydrogens is 316 g/mol. The van der Waals surface area contributed by atoms with Crippen molar-refractivity contribution >= 4 is 26.4 Å². The van der Waals surface area contributed by atoms with Gasteiger partial charge in [0.2, 0.25) is 0 Å². The van der Waals surface area contributed by atoms with Gasteiger partial charge in [-0.25, -0.2) is 8.42 Å². The van der Waals surface area contributed by atoms with Crippen molar-refractivity contribution in [2.24, 2.45) is 0 Å². The first kappa shape index (κ1) is 15.1. The van der Waals surface area contributed by atoms with Crippen molar-refractivity contribution in [1.82, 2.24) is 4.98 Å². The van der Waals surface area contributed by atoms with Crippen molar-refractivity contribution in [3.63, 3.8) is 0 Å². The van der Waals surface area contributed by atoms with Crippen LogP contribution < -0.4 is 0 Å². The van der Waals surface area contributed by atoms with E-state index in [1.165, 1.54) is 24.4 Å². The summed E-state index contributed by atoms with van der Waals surface area (Å²) in [4.78, 5) is 15.0. The van der Waals surface area contributed by atoms with E-state index in [4.69, 9.17) is 0 Å². The van der Waals surface area contributed by atoms with Crippen LogP contribution in [0.3, 0.4) is 0 Å². The fourth-order valence-electron chi connectivity index (χ4n) is 2.41. The van der Waals surface area contributed by atoms with Crippen LogP contribution in [0.25, 0.3) is 10.9 Å². The van der Waals surface area contributed by atoms with Gasteiger partial charge in [-0.3, -0.25) is 15.1 Å². The van der Waals surface area contributed by atoms with Crippen LogP contribution in [0.5, 0.6) is 0 Å². The van der Waals surface area contributed by atoms with Crippen molar-refractivity contribution in [1.29, 1.82) is 0 Å². The Balaban J connectivity index is 2.19. The molecule has 0 unspecified atom stereocenters. The lowest BCUT2D eigenvalue weighted by Gasteiger charge is -2.08. The molecular formula is C16H12N2O4S. The molecule has 7 heteroatoms. The van der Waals surface area contributed by atoms with E-state index in [-0.39, 0.29) is 16.1 Å². The van der Waals surface area contributed by atoms with Crippen LogP contribution in [-0.4, -0.2) is 18.3 Å². The van der Waals surface area contributed by atoms with Crippen LogP contribution in [0, 0.1) is 10.1 Å². The molecule has 0 amide bonds. The van der Waals surface area contributed by atoms with Crippen LogP contribution in [0.15, 0.2) is 65.7 Å². The third kappa shape index (κ3) is 2.91. The first-order chi connectivity index (χ1) is 11.0. The molecule has 0 atom stereocenters. The van der Waals surface area contributed by atoms with E-state index in [1.807, 2.05) is 0 Å². The molecule has 0 fully saturated rings. The van der Waals surface area contributed by atoms with E-state index in [9.17, 15) is 18.5 Å². The Bertz CT molecular complexity index is 985. The molecule has 0 saturated heterocycles. The number of hydrogen-bond donors (Lipinski definition) is 0. The Hall–Kier alpha value is -2.80. The molecule has 0 bridgehead atoms. The smallest absolute Gasteiger partial charge is 0.258 e. The number of nitrogens with zero attached hydrogens (tertiary/aromatic N) is 2. The third-order valence-electron chi connectivity index (χ3n) is 3.49. The summed E-state index contributed by atoms with van der Waals surface area (Å²) < 4.78 is 25.1. The number of sulfone groups is 1. The maximum Gasteiger partial charge on any atom is 0.275 e. The largest absolute Gasteiger partial charge is 0.275 e. The van der Waals surface area contributed by atoms with E-state index in [1.54, 1.807) is 36.4 Å². The minimum Gasteiger partial charge on any atom is -0.258 e. The highest BCUT2D eigenvalue weighted by molar-refractivity contribution is 7.90. The molecule has 23 heavy (non-hydrogen) atoms. The lowest BCUT2D eigenvalue weighted by Crippen LogP contribution is -2.08. The molecule has 0 saturated carbocycles. The summed E-state index contributed by atoms with van der Waals surface area (Å²) in [5.41, 5.74) is 0.203. The maximum absolute atomic E-state index is 12.6. The zero-order valence-corrected chi connectivity index (χ0v) is 12.7. The summed E-state index contributed by atoms with van der Waals surface area (Å²) in [5, 5.41) is 11.9. The Morgan fingerprint density at radius 1 is 1.00 bits per heavy atom. The standard InChI is InChI=1S/C16H12N2O4S/c19-18(20)15-9-8-12-5-4-10-17-16(12)14(15)11-23(21,22)13-6-2-1-3-7-13/h1-10H,11H2. The quantitative estimate of drug-likeness (QED) is 0.542. The van der Waals surface area contributed by atoms with Gasteiger partial charge in [0.1, 0.15) is 0 Å². The van der Waals surface area contributed by atoms with Crippen molar-refractivity contribution in [3.05, 3.63) is 76.5 Å². The number of pyridine rings is 1. The third-order valence-corrected chi connectivity index (χ3v) is 5.15. The Labute approximate surface area is 132 Å². The molecule has 6 nitrogen and oxygen atoms in total. The van der Waals surface area contributed by atoms with E-state index in [0.717, 1.165) is 0 Å². The molecule has 0 aliphatic rings. The number of hydrogen-bond acceptors (Lipinski definition) is 5. The summed E-state index contributed by atoms with van der Waals surface area (Å²) in [6.45, 7) is 0. The lowest BCUT2D eigenvalue weighted by molar-refractivity contribution is -0.385. The monoisotopic (exact) mass is 328 g/mol. The van der Waals surface area contributed by atoms with Gasteiger partial charge in [-0.05, 0) is 24.3 Å². The second kappa shape index (κ2) is 5.77. The minimum atomic E-state index is -3.71. The van der Waals surface area contributed by atoms with Crippen molar-refractivity contribution in [3.8, 4) is 0 Å². The van der Waals surface area contributed by atoms with E-state index in [0.29, 0.717) is 10.9 Å². The average molecular weight is 328 g/mol. The predicted molar refractivity (Wildman–Crippen MR) is 85.7 cm³/mol. The van der Waals surface area contributed by atoms with Crippen LogP contribution in [-0.2, 0) is 15.6 Å². The molecule has 1 aromatic heterocycles. The highest BCUT2D eigenvalue weighted by atomic mass is 32.2. The summed E-state index contributed by atoms with van der Waals surface area (Å²) in [6, 6.07) is 14.2. The van der Waals surface area contributed by atoms with Gasteiger partial charge >= 0.3 is 0 Å². The normalized spacial score (nSPS) is 11.5. The number of nitro benzene ring substituents is 1. The zero-order chi connectivity index (χ0) is 16.4. The number of benzene rings is 2. The fraction of sp³-hybridized carbons (Fsp3) is 0.0625. The summed E-state index contributed by atoms with van der Waals surface area (Å²) >= 11 is 0. The van der Waals surface area contributed by atoms with Gasteiger partial charge in [-0.2, -0.15) is 0 Å². The number of aromatic nitrogens is 1. The van der Waals surface area contributed by atoms with Gasteiger partial charge in [-0.15, -0.1) is 0 Å². The number of rotatable bonds is 4. The molecule has 1 heterocycles. The summed E-state index contributed by atoms with van der Waals surface area (Å²) in [6.07, 6.45) is 1.49. The van der Waals surface area contributed by atoms with E-state index in [2.05, 4.69) is 4.98 Å². The van der Waals surface area contributed by atoms with Crippen molar-refractivity contribution < 1.29 is 13.3 Å². The summed E-state index contributed by atoms with van der Waals surface area (Å²) in [5.74, 6) is -0.471. The van der Waals surface area contributed by atoms with E-state index < -0.39 is 20.5 Å². The molecule has 0 radical (unpaired) electrons. The van der Waals surface area contributed by atoms with Crippen LogP contribution in [0.2, 0.25) is 0 Å². The van der Waals surface area contributed by atoms with Gasteiger partial charge in [0.15, 0.2) is 9.84 Å². The maximum atomic E-state index is 12.6. The van der Waals surface area contributed by atoms with Crippen LogP contribution in [0.4, 0.5) is 5.69 Å². The highest BCUT2D eigenvalue weighted by Crippen LogP contribution is 2.29. The van der Waals surface area contributed by atoms with Crippen LogP contribution in [0.1, 0.15) is 5.56 Å². The topological polar surface area (TPSA) is 90.2 Å². The average Bonchev–Trinajstić information content (AvgIpc) is 2.55. The Morgan fingerprint density at radius 2 is 1.74 bits per heavy atom.